The standard InChI is InChI=1S/C25H29N5O2/c1-18(2)17-32-23-11-7-6-10-20(23)14-26-29-25-27-22-12-13-30(16-21(22)24(31)28-25)15-19-8-4-3-5-9-19/h3-11,14,18H,12-13,15-17H2,1-2H3,(H2,27,28,29,31)/b26-14-. The van der Waals surface area contributed by atoms with Crippen LogP contribution in [0.25, 0.3) is 0 Å². The van der Waals surface area contributed by atoms with Crippen LogP contribution < -0.4 is 15.7 Å². The number of para-hydroxylation sites is 1. The zero-order chi connectivity index (χ0) is 22.3. The van der Waals surface area contributed by atoms with Crippen LogP contribution in [0.2, 0.25) is 0 Å². The number of fused-ring (bicyclic) bond motifs is 1. The van der Waals surface area contributed by atoms with Crippen LogP contribution in [0, 0.1) is 5.92 Å². The number of anilines is 1. The van der Waals surface area contributed by atoms with E-state index in [2.05, 4.69) is 51.4 Å². The molecule has 7 heteroatoms. The quantitative estimate of drug-likeness (QED) is 0.419. The van der Waals surface area contributed by atoms with E-state index in [4.69, 9.17) is 4.74 Å². The van der Waals surface area contributed by atoms with Gasteiger partial charge in [-0.2, -0.15) is 5.10 Å². The SMILES string of the molecule is CC(C)COc1ccccc1/C=N\Nc1nc2c(c(=O)[nH]1)CN(Cc1ccccc1)CC2. The summed E-state index contributed by atoms with van der Waals surface area (Å²) in [6.07, 6.45) is 2.41. The predicted molar refractivity (Wildman–Crippen MR) is 127 cm³/mol. The maximum absolute atomic E-state index is 12.7. The molecule has 0 spiro atoms. The van der Waals surface area contributed by atoms with Crippen molar-refractivity contribution in [2.75, 3.05) is 18.6 Å². The molecular weight excluding hydrogens is 402 g/mol. The van der Waals surface area contributed by atoms with Gasteiger partial charge in [0.25, 0.3) is 5.56 Å². The number of H-pyrrole nitrogens is 1. The number of hydrogen-bond acceptors (Lipinski definition) is 6. The molecular formula is C25H29N5O2. The predicted octanol–water partition coefficient (Wildman–Crippen LogP) is 3.81. The molecule has 0 saturated heterocycles. The van der Waals surface area contributed by atoms with E-state index in [0.717, 1.165) is 42.1 Å². The van der Waals surface area contributed by atoms with Gasteiger partial charge in [0, 0.05) is 31.6 Å². The van der Waals surface area contributed by atoms with E-state index in [9.17, 15) is 4.79 Å². The van der Waals surface area contributed by atoms with Crippen LogP contribution in [0.1, 0.15) is 36.2 Å². The third-order valence-electron chi connectivity index (χ3n) is 5.26. The molecule has 0 bridgehead atoms. The first-order chi connectivity index (χ1) is 15.6. The molecule has 0 saturated carbocycles. The summed E-state index contributed by atoms with van der Waals surface area (Å²) in [5.74, 6) is 1.56. The van der Waals surface area contributed by atoms with Gasteiger partial charge >= 0.3 is 0 Å². The topological polar surface area (TPSA) is 82.6 Å². The van der Waals surface area contributed by atoms with Crippen LogP contribution in [0.3, 0.4) is 0 Å². The lowest BCUT2D eigenvalue weighted by Gasteiger charge is -2.27. The summed E-state index contributed by atoms with van der Waals surface area (Å²) < 4.78 is 5.85. The van der Waals surface area contributed by atoms with Crippen molar-refractivity contribution in [3.8, 4) is 5.75 Å². The van der Waals surface area contributed by atoms with Gasteiger partial charge in [-0.1, -0.05) is 56.3 Å². The van der Waals surface area contributed by atoms with Gasteiger partial charge in [0.1, 0.15) is 5.75 Å². The minimum absolute atomic E-state index is 0.119. The van der Waals surface area contributed by atoms with Gasteiger partial charge in [-0.25, -0.2) is 10.4 Å². The van der Waals surface area contributed by atoms with E-state index in [0.29, 0.717) is 25.0 Å². The minimum Gasteiger partial charge on any atom is -0.493 e. The Morgan fingerprint density at radius 2 is 1.97 bits per heavy atom. The average Bonchev–Trinajstić information content (AvgIpc) is 2.79. The Morgan fingerprint density at radius 1 is 1.19 bits per heavy atom. The lowest BCUT2D eigenvalue weighted by molar-refractivity contribution is 0.242. The highest BCUT2D eigenvalue weighted by molar-refractivity contribution is 5.83. The van der Waals surface area contributed by atoms with Crippen LogP contribution in [0.5, 0.6) is 5.75 Å². The molecule has 1 aromatic heterocycles. The molecule has 32 heavy (non-hydrogen) atoms. The molecule has 2 aromatic carbocycles. The van der Waals surface area contributed by atoms with Crippen molar-refractivity contribution in [2.24, 2.45) is 11.0 Å². The number of nitrogens with zero attached hydrogens (tertiary/aromatic N) is 3. The lowest BCUT2D eigenvalue weighted by atomic mass is 10.1. The molecule has 0 amide bonds. The summed E-state index contributed by atoms with van der Waals surface area (Å²) in [4.78, 5) is 22.4. The van der Waals surface area contributed by atoms with E-state index in [-0.39, 0.29) is 5.56 Å². The molecule has 166 valence electrons. The third-order valence-corrected chi connectivity index (χ3v) is 5.26. The molecule has 4 rings (SSSR count). The van der Waals surface area contributed by atoms with Gasteiger partial charge in [-0.3, -0.25) is 14.7 Å². The van der Waals surface area contributed by atoms with Crippen LogP contribution >= 0.6 is 0 Å². The number of benzene rings is 2. The summed E-state index contributed by atoms with van der Waals surface area (Å²) in [7, 11) is 0. The molecule has 2 heterocycles. The van der Waals surface area contributed by atoms with Crippen molar-refractivity contribution in [1.82, 2.24) is 14.9 Å². The summed E-state index contributed by atoms with van der Waals surface area (Å²) in [6.45, 7) is 7.13. The van der Waals surface area contributed by atoms with Gasteiger partial charge < -0.3 is 4.74 Å². The van der Waals surface area contributed by atoms with E-state index in [1.54, 1.807) is 6.21 Å². The van der Waals surface area contributed by atoms with Crippen molar-refractivity contribution >= 4 is 12.2 Å². The molecule has 0 unspecified atom stereocenters. The fraction of sp³-hybridized carbons (Fsp3) is 0.320. The Labute approximate surface area is 188 Å². The lowest BCUT2D eigenvalue weighted by Crippen LogP contribution is -2.35. The van der Waals surface area contributed by atoms with Crippen LogP contribution in [0.4, 0.5) is 5.95 Å². The van der Waals surface area contributed by atoms with Crippen molar-refractivity contribution in [3.63, 3.8) is 0 Å². The zero-order valence-corrected chi connectivity index (χ0v) is 18.5. The number of rotatable bonds is 8. The second-order valence-corrected chi connectivity index (χ2v) is 8.40. The minimum atomic E-state index is -0.119. The molecule has 1 aliphatic heterocycles. The van der Waals surface area contributed by atoms with E-state index in [1.165, 1.54) is 5.56 Å². The molecule has 0 fully saturated rings. The Bertz CT molecular complexity index is 1120. The van der Waals surface area contributed by atoms with Crippen LogP contribution in [0.15, 0.2) is 64.5 Å². The molecule has 0 radical (unpaired) electrons. The molecule has 7 nitrogen and oxygen atoms in total. The van der Waals surface area contributed by atoms with E-state index in [1.807, 2.05) is 42.5 Å². The number of hydrazone groups is 1. The first-order valence-electron chi connectivity index (χ1n) is 11.0. The molecule has 1 aliphatic rings. The highest BCUT2D eigenvalue weighted by Gasteiger charge is 2.21. The average molecular weight is 432 g/mol. The Hall–Kier alpha value is -3.45. The van der Waals surface area contributed by atoms with Crippen molar-refractivity contribution in [3.05, 3.63) is 87.3 Å². The number of aromatic nitrogens is 2. The molecule has 0 aliphatic carbocycles. The Kier molecular flexibility index (Phi) is 6.97. The highest BCUT2D eigenvalue weighted by Crippen LogP contribution is 2.18. The summed E-state index contributed by atoms with van der Waals surface area (Å²) in [5.41, 5.74) is 6.40. The third kappa shape index (κ3) is 5.62. The Balaban J connectivity index is 1.42. The second-order valence-electron chi connectivity index (χ2n) is 8.40. The highest BCUT2D eigenvalue weighted by atomic mass is 16.5. The first kappa shape index (κ1) is 21.8. The Morgan fingerprint density at radius 3 is 2.78 bits per heavy atom. The summed E-state index contributed by atoms with van der Waals surface area (Å²) in [6, 6.07) is 18.0. The van der Waals surface area contributed by atoms with Crippen molar-refractivity contribution in [2.45, 2.75) is 33.4 Å². The van der Waals surface area contributed by atoms with Gasteiger partial charge in [0.2, 0.25) is 5.95 Å². The number of aromatic amines is 1. The van der Waals surface area contributed by atoms with Gasteiger partial charge in [0.05, 0.1) is 24.1 Å². The van der Waals surface area contributed by atoms with Gasteiger partial charge in [0.15, 0.2) is 0 Å². The molecule has 3 aromatic rings. The first-order valence-corrected chi connectivity index (χ1v) is 11.0. The normalized spacial score (nSPS) is 14.0. The summed E-state index contributed by atoms with van der Waals surface area (Å²) in [5, 5.41) is 4.26. The van der Waals surface area contributed by atoms with Crippen LogP contribution in [-0.4, -0.2) is 34.2 Å². The van der Waals surface area contributed by atoms with Crippen molar-refractivity contribution < 1.29 is 4.74 Å². The zero-order valence-electron chi connectivity index (χ0n) is 18.5. The second kappa shape index (κ2) is 10.2. The largest absolute Gasteiger partial charge is 0.493 e. The fourth-order valence-corrected chi connectivity index (χ4v) is 3.65. The maximum Gasteiger partial charge on any atom is 0.257 e. The van der Waals surface area contributed by atoms with E-state index >= 15 is 0 Å². The van der Waals surface area contributed by atoms with E-state index < -0.39 is 0 Å². The monoisotopic (exact) mass is 431 g/mol. The number of ether oxygens (including phenoxy) is 1. The molecule has 0 atom stereocenters. The summed E-state index contributed by atoms with van der Waals surface area (Å²) >= 11 is 0. The van der Waals surface area contributed by atoms with Crippen molar-refractivity contribution in [1.29, 1.82) is 0 Å². The maximum atomic E-state index is 12.7. The number of nitrogens with one attached hydrogen (secondary N) is 2. The van der Waals surface area contributed by atoms with Gasteiger partial charge in [-0.15, -0.1) is 0 Å². The van der Waals surface area contributed by atoms with Crippen LogP contribution in [-0.2, 0) is 19.5 Å². The molecule has 2 N–H and O–H groups in total. The smallest absolute Gasteiger partial charge is 0.257 e. The number of hydrogen-bond donors (Lipinski definition) is 2. The van der Waals surface area contributed by atoms with Gasteiger partial charge in [-0.05, 0) is 23.6 Å². The fourth-order valence-electron chi connectivity index (χ4n) is 3.65.